The summed E-state index contributed by atoms with van der Waals surface area (Å²) >= 11 is 0. The number of hydrogen-bond acceptors (Lipinski definition) is 2. The van der Waals surface area contributed by atoms with Crippen molar-refractivity contribution in [1.29, 1.82) is 0 Å². The van der Waals surface area contributed by atoms with Crippen LogP contribution < -0.4 is 5.73 Å². The summed E-state index contributed by atoms with van der Waals surface area (Å²) in [4.78, 5) is 12.3. The van der Waals surface area contributed by atoms with Crippen LogP contribution in [0.3, 0.4) is 0 Å². The molecule has 0 atom stereocenters. The van der Waals surface area contributed by atoms with Gasteiger partial charge in [-0.15, -0.1) is 0 Å². The topological polar surface area (TPSA) is 43.1 Å². The Labute approximate surface area is 114 Å². The SMILES string of the molecule is Cc1ccc(C(=O)Cc2ccccc2CN)cc1C. The molecule has 0 radical (unpaired) electrons. The van der Waals surface area contributed by atoms with E-state index < -0.39 is 0 Å². The Balaban J connectivity index is 2.23. The van der Waals surface area contributed by atoms with Crippen molar-refractivity contribution in [3.63, 3.8) is 0 Å². The molecule has 2 N–H and O–H groups in total. The molecule has 2 aromatic rings. The van der Waals surface area contributed by atoms with E-state index in [4.69, 9.17) is 5.73 Å². The van der Waals surface area contributed by atoms with Crippen molar-refractivity contribution in [2.24, 2.45) is 5.73 Å². The summed E-state index contributed by atoms with van der Waals surface area (Å²) < 4.78 is 0. The first-order valence-corrected chi connectivity index (χ1v) is 6.49. The fourth-order valence-corrected chi connectivity index (χ4v) is 2.12. The molecule has 0 saturated carbocycles. The lowest BCUT2D eigenvalue weighted by Gasteiger charge is -2.08. The molecule has 19 heavy (non-hydrogen) atoms. The van der Waals surface area contributed by atoms with Gasteiger partial charge >= 0.3 is 0 Å². The van der Waals surface area contributed by atoms with E-state index in [1.807, 2.05) is 56.3 Å². The second-order valence-corrected chi connectivity index (χ2v) is 4.87. The average Bonchev–Trinajstić information content (AvgIpc) is 2.42. The van der Waals surface area contributed by atoms with E-state index in [-0.39, 0.29) is 5.78 Å². The normalized spacial score (nSPS) is 10.5. The molecule has 2 aromatic carbocycles. The van der Waals surface area contributed by atoms with Gasteiger partial charge in [-0.2, -0.15) is 0 Å². The summed E-state index contributed by atoms with van der Waals surface area (Å²) in [6.45, 7) is 4.55. The zero-order chi connectivity index (χ0) is 13.8. The van der Waals surface area contributed by atoms with Gasteiger partial charge < -0.3 is 5.73 Å². The Morgan fingerprint density at radius 3 is 2.32 bits per heavy atom. The van der Waals surface area contributed by atoms with Crippen LogP contribution in [0.5, 0.6) is 0 Å². The van der Waals surface area contributed by atoms with E-state index in [1.54, 1.807) is 0 Å². The maximum absolute atomic E-state index is 12.3. The first-order valence-electron chi connectivity index (χ1n) is 6.49. The molecule has 0 aromatic heterocycles. The number of aryl methyl sites for hydroxylation is 2. The monoisotopic (exact) mass is 253 g/mol. The van der Waals surface area contributed by atoms with Crippen LogP contribution in [0.2, 0.25) is 0 Å². The van der Waals surface area contributed by atoms with Crippen molar-refractivity contribution in [1.82, 2.24) is 0 Å². The third-order valence-corrected chi connectivity index (χ3v) is 3.52. The van der Waals surface area contributed by atoms with Crippen molar-refractivity contribution < 1.29 is 4.79 Å². The third kappa shape index (κ3) is 3.09. The molecule has 0 aliphatic carbocycles. The molecular weight excluding hydrogens is 234 g/mol. The Kier molecular flexibility index (Phi) is 4.13. The van der Waals surface area contributed by atoms with Gasteiger partial charge in [0.25, 0.3) is 0 Å². The van der Waals surface area contributed by atoms with Crippen LogP contribution in [-0.2, 0) is 13.0 Å². The van der Waals surface area contributed by atoms with Gasteiger partial charge in [-0.3, -0.25) is 4.79 Å². The van der Waals surface area contributed by atoms with Gasteiger partial charge in [-0.05, 0) is 42.2 Å². The predicted molar refractivity (Wildman–Crippen MR) is 78.3 cm³/mol. The molecule has 0 unspecified atom stereocenters. The summed E-state index contributed by atoms with van der Waals surface area (Å²) in [5.74, 6) is 0.143. The van der Waals surface area contributed by atoms with Crippen LogP contribution in [0, 0.1) is 13.8 Å². The highest BCUT2D eigenvalue weighted by Crippen LogP contribution is 2.15. The molecule has 0 saturated heterocycles. The van der Waals surface area contributed by atoms with Gasteiger partial charge in [-0.1, -0.05) is 36.4 Å². The molecular formula is C17H19NO. The summed E-state index contributed by atoms with van der Waals surface area (Å²) in [5.41, 5.74) is 10.9. The van der Waals surface area contributed by atoms with Crippen molar-refractivity contribution in [2.45, 2.75) is 26.8 Å². The highest BCUT2D eigenvalue weighted by atomic mass is 16.1. The Hall–Kier alpha value is -1.93. The lowest BCUT2D eigenvalue weighted by Crippen LogP contribution is -2.08. The van der Waals surface area contributed by atoms with Crippen molar-refractivity contribution >= 4 is 5.78 Å². The van der Waals surface area contributed by atoms with Crippen molar-refractivity contribution in [3.05, 3.63) is 70.3 Å². The summed E-state index contributed by atoms with van der Waals surface area (Å²) in [7, 11) is 0. The number of ketones is 1. The van der Waals surface area contributed by atoms with E-state index >= 15 is 0 Å². The number of Topliss-reactive ketones (excluding diaryl/α,β-unsaturated/α-hetero) is 1. The maximum atomic E-state index is 12.3. The molecule has 0 aliphatic rings. The minimum atomic E-state index is 0.143. The van der Waals surface area contributed by atoms with Crippen LogP contribution in [0.4, 0.5) is 0 Å². The quantitative estimate of drug-likeness (QED) is 0.850. The molecule has 0 heterocycles. The number of carbonyl (C=O) groups is 1. The van der Waals surface area contributed by atoms with Crippen LogP contribution in [0.15, 0.2) is 42.5 Å². The van der Waals surface area contributed by atoms with Crippen LogP contribution in [-0.4, -0.2) is 5.78 Å². The number of carbonyl (C=O) groups excluding carboxylic acids is 1. The van der Waals surface area contributed by atoms with Crippen LogP contribution >= 0.6 is 0 Å². The van der Waals surface area contributed by atoms with Crippen molar-refractivity contribution in [2.75, 3.05) is 0 Å². The zero-order valence-corrected chi connectivity index (χ0v) is 11.4. The highest BCUT2D eigenvalue weighted by Gasteiger charge is 2.10. The Bertz CT molecular complexity index is 602. The smallest absolute Gasteiger partial charge is 0.167 e. The van der Waals surface area contributed by atoms with Gasteiger partial charge in [-0.25, -0.2) is 0 Å². The standard InChI is InChI=1S/C17H19NO/c1-12-7-8-15(9-13(12)2)17(19)10-14-5-3-4-6-16(14)11-18/h3-9H,10-11,18H2,1-2H3. The minimum Gasteiger partial charge on any atom is -0.326 e. The Morgan fingerprint density at radius 2 is 1.68 bits per heavy atom. The highest BCUT2D eigenvalue weighted by molar-refractivity contribution is 5.97. The van der Waals surface area contributed by atoms with E-state index in [0.29, 0.717) is 13.0 Å². The van der Waals surface area contributed by atoms with E-state index in [9.17, 15) is 4.79 Å². The van der Waals surface area contributed by atoms with Crippen molar-refractivity contribution in [3.8, 4) is 0 Å². The molecule has 0 bridgehead atoms. The molecule has 2 nitrogen and oxygen atoms in total. The molecule has 0 spiro atoms. The third-order valence-electron chi connectivity index (χ3n) is 3.52. The number of benzene rings is 2. The van der Waals surface area contributed by atoms with Gasteiger partial charge in [0.15, 0.2) is 5.78 Å². The number of nitrogens with two attached hydrogens (primary N) is 1. The molecule has 0 amide bonds. The van der Waals surface area contributed by atoms with E-state index in [2.05, 4.69) is 0 Å². The molecule has 2 heteroatoms. The minimum absolute atomic E-state index is 0.143. The average molecular weight is 253 g/mol. The maximum Gasteiger partial charge on any atom is 0.167 e. The van der Waals surface area contributed by atoms with Crippen LogP contribution in [0.1, 0.15) is 32.6 Å². The molecule has 0 aliphatic heterocycles. The molecule has 0 fully saturated rings. The zero-order valence-electron chi connectivity index (χ0n) is 11.4. The fraction of sp³-hybridized carbons (Fsp3) is 0.235. The van der Waals surface area contributed by atoms with Gasteiger partial charge in [0.1, 0.15) is 0 Å². The van der Waals surface area contributed by atoms with E-state index in [0.717, 1.165) is 22.3 Å². The van der Waals surface area contributed by atoms with Gasteiger partial charge in [0.2, 0.25) is 0 Å². The summed E-state index contributed by atoms with van der Waals surface area (Å²) in [6.07, 6.45) is 0.413. The second-order valence-electron chi connectivity index (χ2n) is 4.87. The fourth-order valence-electron chi connectivity index (χ4n) is 2.12. The molecule has 2 rings (SSSR count). The Morgan fingerprint density at radius 1 is 1.00 bits per heavy atom. The number of rotatable bonds is 4. The lowest BCUT2D eigenvalue weighted by atomic mass is 9.97. The first-order chi connectivity index (χ1) is 9.11. The van der Waals surface area contributed by atoms with Crippen LogP contribution in [0.25, 0.3) is 0 Å². The number of hydrogen-bond donors (Lipinski definition) is 1. The lowest BCUT2D eigenvalue weighted by molar-refractivity contribution is 0.0992. The predicted octanol–water partition coefficient (Wildman–Crippen LogP) is 3.19. The second kappa shape index (κ2) is 5.81. The summed E-state index contributed by atoms with van der Waals surface area (Å²) in [5, 5.41) is 0. The first kappa shape index (κ1) is 13.5. The van der Waals surface area contributed by atoms with E-state index in [1.165, 1.54) is 5.56 Å². The van der Waals surface area contributed by atoms with Gasteiger partial charge in [0.05, 0.1) is 0 Å². The summed E-state index contributed by atoms with van der Waals surface area (Å²) in [6, 6.07) is 13.7. The molecule has 98 valence electrons. The van der Waals surface area contributed by atoms with Gasteiger partial charge in [0, 0.05) is 18.5 Å². The largest absolute Gasteiger partial charge is 0.326 e.